The molecule has 7 heteroatoms. The standard InChI is InChI=1S/C10H12BrN3O2.ClH/c1-10(6-15)14(5-8(12)16-10)9-3-2-7(11)4-13-9;/h2-4,6,8H,5,12H2,1H3;1H/t8-,10?;/m1./s1. The van der Waals surface area contributed by atoms with E-state index in [0.29, 0.717) is 12.4 Å². The number of nitrogens with two attached hydrogens (primary N) is 1. The molecule has 17 heavy (non-hydrogen) atoms. The third kappa shape index (κ3) is 2.77. The third-order valence-electron chi connectivity index (χ3n) is 2.50. The molecule has 94 valence electrons. The van der Waals surface area contributed by atoms with E-state index >= 15 is 0 Å². The molecule has 5 nitrogen and oxygen atoms in total. The monoisotopic (exact) mass is 321 g/mol. The first-order valence-electron chi connectivity index (χ1n) is 4.84. The smallest absolute Gasteiger partial charge is 0.198 e. The Hall–Kier alpha value is -0.690. The normalized spacial score (nSPS) is 27.7. The number of carbonyl (C=O) groups is 1. The Balaban J connectivity index is 0.00000144. The molecule has 1 unspecified atom stereocenters. The minimum atomic E-state index is -1.03. The second-order valence-corrected chi connectivity index (χ2v) is 4.69. The van der Waals surface area contributed by atoms with Gasteiger partial charge in [-0.05, 0) is 35.0 Å². The maximum absolute atomic E-state index is 11.1. The van der Waals surface area contributed by atoms with E-state index in [0.717, 1.165) is 10.8 Å². The lowest BCUT2D eigenvalue weighted by Gasteiger charge is -2.28. The average molecular weight is 323 g/mol. The highest BCUT2D eigenvalue weighted by Gasteiger charge is 2.42. The van der Waals surface area contributed by atoms with E-state index in [4.69, 9.17) is 10.5 Å². The van der Waals surface area contributed by atoms with Crippen LogP contribution in [0.5, 0.6) is 0 Å². The molecule has 0 saturated carbocycles. The maximum Gasteiger partial charge on any atom is 0.198 e. The quantitative estimate of drug-likeness (QED) is 0.831. The van der Waals surface area contributed by atoms with Crippen molar-refractivity contribution < 1.29 is 9.53 Å². The molecule has 2 rings (SSSR count). The van der Waals surface area contributed by atoms with Crippen LogP contribution in [0, 0.1) is 0 Å². The van der Waals surface area contributed by atoms with Crippen LogP contribution in [0.4, 0.5) is 5.82 Å². The number of hydrogen-bond donors (Lipinski definition) is 1. The van der Waals surface area contributed by atoms with Crippen molar-refractivity contribution in [3.05, 3.63) is 22.8 Å². The molecule has 0 bridgehead atoms. The van der Waals surface area contributed by atoms with Gasteiger partial charge in [-0.25, -0.2) is 4.98 Å². The Morgan fingerprint density at radius 1 is 1.71 bits per heavy atom. The number of anilines is 1. The Morgan fingerprint density at radius 3 is 2.94 bits per heavy atom. The zero-order chi connectivity index (χ0) is 11.8. The summed E-state index contributed by atoms with van der Waals surface area (Å²) in [7, 11) is 0. The number of aromatic nitrogens is 1. The van der Waals surface area contributed by atoms with Gasteiger partial charge in [0.25, 0.3) is 0 Å². The lowest BCUT2D eigenvalue weighted by atomic mass is 10.2. The molecule has 0 aliphatic carbocycles. The number of carbonyl (C=O) groups excluding carboxylic acids is 1. The van der Waals surface area contributed by atoms with Gasteiger partial charge in [-0.1, -0.05) is 0 Å². The molecule has 0 spiro atoms. The molecule has 1 aromatic heterocycles. The molecule has 2 N–H and O–H groups in total. The number of pyridine rings is 1. The topological polar surface area (TPSA) is 68.5 Å². The van der Waals surface area contributed by atoms with E-state index in [9.17, 15) is 4.79 Å². The molecule has 1 fully saturated rings. The number of halogens is 2. The van der Waals surface area contributed by atoms with E-state index in [1.807, 2.05) is 12.1 Å². The third-order valence-corrected chi connectivity index (χ3v) is 2.96. The zero-order valence-corrected chi connectivity index (χ0v) is 11.6. The van der Waals surface area contributed by atoms with Crippen molar-refractivity contribution in [2.75, 3.05) is 11.4 Å². The van der Waals surface area contributed by atoms with Gasteiger partial charge in [0.2, 0.25) is 0 Å². The van der Waals surface area contributed by atoms with Crippen LogP contribution in [0.25, 0.3) is 0 Å². The van der Waals surface area contributed by atoms with Crippen LogP contribution in [0.3, 0.4) is 0 Å². The lowest BCUT2D eigenvalue weighted by Crippen LogP contribution is -2.44. The van der Waals surface area contributed by atoms with Crippen molar-refractivity contribution in [1.82, 2.24) is 4.98 Å². The van der Waals surface area contributed by atoms with Gasteiger partial charge < -0.3 is 15.4 Å². The number of hydrogen-bond acceptors (Lipinski definition) is 5. The van der Waals surface area contributed by atoms with Crippen molar-refractivity contribution in [2.45, 2.75) is 18.9 Å². The first kappa shape index (κ1) is 14.4. The molecule has 0 radical (unpaired) electrons. The van der Waals surface area contributed by atoms with Crippen LogP contribution in [-0.2, 0) is 9.53 Å². The van der Waals surface area contributed by atoms with Crippen LogP contribution >= 0.6 is 28.3 Å². The van der Waals surface area contributed by atoms with Crippen molar-refractivity contribution in [1.29, 1.82) is 0 Å². The van der Waals surface area contributed by atoms with Gasteiger partial charge in [-0.15, -0.1) is 12.4 Å². The largest absolute Gasteiger partial charge is 0.329 e. The zero-order valence-electron chi connectivity index (χ0n) is 9.17. The van der Waals surface area contributed by atoms with Gasteiger partial charge in [0.05, 0.1) is 6.54 Å². The van der Waals surface area contributed by atoms with Gasteiger partial charge in [-0.3, -0.25) is 4.79 Å². The SMILES string of the molecule is CC1(C=O)O[C@@H](N)CN1c1ccc(Br)cn1.Cl. The molecule has 0 aromatic carbocycles. The number of nitrogens with zero attached hydrogens (tertiary/aromatic N) is 2. The van der Waals surface area contributed by atoms with E-state index in [-0.39, 0.29) is 12.4 Å². The molecule has 2 heterocycles. The Bertz CT molecular complexity index is 403. The van der Waals surface area contributed by atoms with Gasteiger partial charge in [0.1, 0.15) is 12.0 Å². The predicted molar refractivity (Wildman–Crippen MR) is 70.1 cm³/mol. The Labute approximate surface area is 114 Å². The van der Waals surface area contributed by atoms with E-state index in [2.05, 4.69) is 20.9 Å². The first-order chi connectivity index (χ1) is 7.55. The van der Waals surface area contributed by atoms with Crippen molar-refractivity contribution in [3.8, 4) is 0 Å². The molecule has 2 atom stereocenters. The van der Waals surface area contributed by atoms with Crippen LogP contribution in [-0.4, -0.2) is 29.8 Å². The Kier molecular flexibility index (Phi) is 4.48. The lowest BCUT2D eigenvalue weighted by molar-refractivity contribution is -0.127. The summed E-state index contributed by atoms with van der Waals surface area (Å²) in [5.41, 5.74) is 4.66. The number of ether oxygens (including phenoxy) is 1. The molecule has 1 aliphatic heterocycles. The summed E-state index contributed by atoms with van der Waals surface area (Å²) in [5, 5.41) is 0. The summed E-state index contributed by atoms with van der Waals surface area (Å²) >= 11 is 3.30. The second-order valence-electron chi connectivity index (χ2n) is 3.77. The molecular weight excluding hydrogens is 309 g/mol. The van der Waals surface area contributed by atoms with Crippen molar-refractivity contribution in [3.63, 3.8) is 0 Å². The fourth-order valence-electron chi connectivity index (χ4n) is 1.71. The molecule has 0 amide bonds. The van der Waals surface area contributed by atoms with E-state index in [1.165, 1.54) is 0 Å². The van der Waals surface area contributed by atoms with E-state index < -0.39 is 12.0 Å². The highest BCUT2D eigenvalue weighted by molar-refractivity contribution is 9.10. The highest BCUT2D eigenvalue weighted by Crippen LogP contribution is 2.28. The fraction of sp³-hybridized carbons (Fsp3) is 0.400. The summed E-state index contributed by atoms with van der Waals surface area (Å²) in [5.74, 6) is 0.672. The number of rotatable bonds is 2. The highest BCUT2D eigenvalue weighted by atomic mass is 79.9. The summed E-state index contributed by atoms with van der Waals surface area (Å²) in [4.78, 5) is 17.0. The van der Waals surface area contributed by atoms with Gasteiger partial charge >= 0.3 is 0 Å². The Morgan fingerprint density at radius 2 is 2.41 bits per heavy atom. The molecule has 1 saturated heterocycles. The van der Waals surface area contributed by atoms with Gasteiger partial charge in [-0.2, -0.15) is 0 Å². The summed E-state index contributed by atoms with van der Waals surface area (Å²) in [6.07, 6.45) is 1.94. The summed E-state index contributed by atoms with van der Waals surface area (Å²) < 4.78 is 6.26. The fourth-order valence-corrected chi connectivity index (χ4v) is 1.94. The molecule has 1 aromatic rings. The minimum absolute atomic E-state index is 0. The molecular formula is C10H13BrClN3O2. The minimum Gasteiger partial charge on any atom is -0.329 e. The van der Waals surface area contributed by atoms with Gasteiger partial charge in [0.15, 0.2) is 12.0 Å². The predicted octanol–water partition coefficient (Wildman–Crippen LogP) is 1.30. The second kappa shape index (κ2) is 5.30. The van der Waals surface area contributed by atoms with Crippen LogP contribution in [0.15, 0.2) is 22.8 Å². The summed E-state index contributed by atoms with van der Waals surface area (Å²) in [6.45, 7) is 2.13. The van der Waals surface area contributed by atoms with Crippen LogP contribution in [0.2, 0.25) is 0 Å². The maximum atomic E-state index is 11.1. The van der Waals surface area contributed by atoms with Crippen LogP contribution in [0.1, 0.15) is 6.92 Å². The van der Waals surface area contributed by atoms with Crippen molar-refractivity contribution in [2.24, 2.45) is 5.73 Å². The molecule has 1 aliphatic rings. The number of aldehydes is 1. The summed E-state index contributed by atoms with van der Waals surface area (Å²) in [6, 6.07) is 3.67. The van der Waals surface area contributed by atoms with Gasteiger partial charge in [0, 0.05) is 10.7 Å². The van der Waals surface area contributed by atoms with Crippen molar-refractivity contribution >= 4 is 40.4 Å². The van der Waals surface area contributed by atoms with E-state index in [1.54, 1.807) is 18.0 Å². The average Bonchev–Trinajstić information content (AvgIpc) is 2.56. The first-order valence-corrected chi connectivity index (χ1v) is 5.63. The van der Waals surface area contributed by atoms with Crippen LogP contribution < -0.4 is 10.6 Å².